The van der Waals surface area contributed by atoms with Gasteiger partial charge in [0.1, 0.15) is 0 Å². The van der Waals surface area contributed by atoms with Crippen molar-refractivity contribution in [1.82, 2.24) is 0 Å². The average Bonchev–Trinajstić information content (AvgIpc) is 1.86. The van der Waals surface area contributed by atoms with Gasteiger partial charge in [-0.1, -0.05) is 6.58 Å². The van der Waals surface area contributed by atoms with E-state index in [9.17, 15) is 9.59 Å². The van der Waals surface area contributed by atoms with Gasteiger partial charge in [-0.25, -0.2) is 9.59 Å². The molecule has 1 N–H and O–H groups in total. The third-order valence-electron chi connectivity index (χ3n) is 0.721. The molecule has 0 aliphatic rings. The van der Waals surface area contributed by atoms with Gasteiger partial charge in [0.25, 0.3) is 0 Å². The van der Waals surface area contributed by atoms with Crippen molar-refractivity contribution in [2.75, 3.05) is 6.79 Å². The average molecular weight is 160 g/mol. The van der Waals surface area contributed by atoms with Crippen LogP contribution >= 0.6 is 0 Å². The first kappa shape index (κ1) is 9.48. The highest BCUT2D eigenvalue weighted by atomic mass is 16.7. The number of carboxylic acid groups (broad SMARTS) is 1. The molecule has 5 heteroatoms. The fourth-order valence-electron chi connectivity index (χ4n) is 0.257. The van der Waals surface area contributed by atoms with Crippen LogP contribution in [-0.4, -0.2) is 24.0 Å². The molecule has 0 aromatic rings. The van der Waals surface area contributed by atoms with Gasteiger partial charge in [-0.2, -0.15) is 0 Å². The van der Waals surface area contributed by atoms with Crippen molar-refractivity contribution in [1.29, 1.82) is 0 Å². The molecule has 0 bridgehead atoms. The molecule has 11 heavy (non-hydrogen) atoms. The molecule has 0 saturated carbocycles. The molecule has 62 valence electrons. The van der Waals surface area contributed by atoms with E-state index in [4.69, 9.17) is 5.11 Å². The normalized spacial score (nSPS) is 8.45. The number of rotatable bonds is 3. The Morgan fingerprint density at radius 1 is 1.45 bits per heavy atom. The highest BCUT2D eigenvalue weighted by molar-refractivity contribution is 5.86. The van der Waals surface area contributed by atoms with Crippen molar-refractivity contribution >= 4 is 12.1 Å². The zero-order valence-corrected chi connectivity index (χ0v) is 5.99. The molecule has 0 radical (unpaired) electrons. The monoisotopic (exact) mass is 160 g/mol. The molecule has 0 aliphatic carbocycles. The smallest absolute Gasteiger partial charge is 0.450 e. The van der Waals surface area contributed by atoms with Gasteiger partial charge >= 0.3 is 12.1 Å². The van der Waals surface area contributed by atoms with E-state index in [0.29, 0.717) is 0 Å². The van der Waals surface area contributed by atoms with E-state index < -0.39 is 18.9 Å². The van der Waals surface area contributed by atoms with Crippen molar-refractivity contribution in [3.05, 3.63) is 12.2 Å². The Labute approximate surface area is 63.2 Å². The fourth-order valence-corrected chi connectivity index (χ4v) is 0.257. The fraction of sp³-hybridized carbons (Fsp3) is 0.333. The lowest BCUT2D eigenvalue weighted by atomic mass is 10.4. The number of hydrogen-bond donors (Lipinski definition) is 1. The van der Waals surface area contributed by atoms with Crippen LogP contribution in [0, 0.1) is 0 Å². The van der Waals surface area contributed by atoms with Crippen molar-refractivity contribution in [3.8, 4) is 0 Å². The van der Waals surface area contributed by atoms with E-state index in [1.54, 1.807) is 0 Å². The van der Waals surface area contributed by atoms with Crippen molar-refractivity contribution in [2.24, 2.45) is 0 Å². The molecular weight excluding hydrogens is 152 g/mol. The summed E-state index contributed by atoms with van der Waals surface area (Å²) in [5, 5.41) is 7.93. The molecule has 0 heterocycles. The molecule has 0 aliphatic heterocycles. The van der Waals surface area contributed by atoms with E-state index >= 15 is 0 Å². The lowest BCUT2D eigenvalue weighted by Crippen LogP contribution is -2.11. The third-order valence-corrected chi connectivity index (χ3v) is 0.721. The summed E-state index contributed by atoms with van der Waals surface area (Å²) in [4.78, 5) is 20.2. The molecule has 0 unspecified atom stereocenters. The van der Waals surface area contributed by atoms with Gasteiger partial charge in [0.05, 0.1) is 0 Å². The Balaban J connectivity index is 3.47. The summed E-state index contributed by atoms with van der Waals surface area (Å²) in [6.45, 7) is 4.13. The predicted molar refractivity (Wildman–Crippen MR) is 34.9 cm³/mol. The highest BCUT2D eigenvalue weighted by Crippen LogP contribution is 1.91. The molecule has 0 saturated heterocycles. The van der Waals surface area contributed by atoms with Gasteiger partial charge in [-0.05, 0) is 6.92 Å². The number of hydrogen-bond acceptors (Lipinski definition) is 4. The van der Waals surface area contributed by atoms with Gasteiger partial charge in [-0.15, -0.1) is 0 Å². The summed E-state index contributed by atoms with van der Waals surface area (Å²) in [6.07, 6.45) is -1.49. The van der Waals surface area contributed by atoms with E-state index in [2.05, 4.69) is 16.1 Å². The SMILES string of the molecule is C=C(C)C(=O)OCOC(=O)O. The van der Waals surface area contributed by atoms with Crippen LogP contribution in [0.3, 0.4) is 0 Å². The lowest BCUT2D eigenvalue weighted by Gasteiger charge is -2.01. The van der Waals surface area contributed by atoms with Crippen molar-refractivity contribution < 1.29 is 24.2 Å². The standard InChI is InChI=1S/C6H8O5/c1-4(2)5(7)10-3-11-6(8)9/h1,3H2,2H3,(H,8,9). The summed E-state index contributed by atoms with van der Waals surface area (Å²) in [6, 6.07) is 0. The second kappa shape index (κ2) is 4.32. The van der Waals surface area contributed by atoms with Crippen LogP contribution in [0.4, 0.5) is 4.79 Å². The number of ether oxygens (including phenoxy) is 2. The van der Waals surface area contributed by atoms with Crippen LogP contribution < -0.4 is 0 Å². The highest BCUT2D eigenvalue weighted by Gasteiger charge is 2.03. The summed E-state index contributed by atoms with van der Waals surface area (Å²) in [5.41, 5.74) is 0.194. The van der Waals surface area contributed by atoms with Crippen LogP contribution in [0.25, 0.3) is 0 Å². The van der Waals surface area contributed by atoms with Crippen LogP contribution in [0.1, 0.15) is 6.92 Å². The van der Waals surface area contributed by atoms with E-state index in [1.165, 1.54) is 6.92 Å². The van der Waals surface area contributed by atoms with Crippen LogP contribution in [0.5, 0.6) is 0 Å². The lowest BCUT2D eigenvalue weighted by molar-refractivity contribution is -0.147. The molecule has 0 amide bonds. The molecule has 0 atom stereocenters. The second-order valence-electron chi connectivity index (χ2n) is 1.74. The summed E-state index contributed by atoms with van der Waals surface area (Å²) < 4.78 is 8.17. The van der Waals surface area contributed by atoms with Crippen LogP contribution in [-0.2, 0) is 14.3 Å². The predicted octanol–water partition coefficient (Wildman–Crippen LogP) is 0.758. The Kier molecular flexibility index (Phi) is 3.72. The van der Waals surface area contributed by atoms with Gasteiger partial charge in [-0.3, -0.25) is 0 Å². The zero-order valence-electron chi connectivity index (χ0n) is 5.99. The Morgan fingerprint density at radius 3 is 2.36 bits per heavy atom. The maximum atomic E-state index is 10.5. The third kappa shape index (κ3) is 4.95. The number of carbonyl (C=O) groups excluding carboxylic acids is 1. The largest absolute Gasteiger partial charge is 0.508 e. The van der Waals surface area contributed by atoms with E-state index in [0.717, 1.165) is 0 Å². The molecule has 5 nitrogen and oxygen atoms in total. The molecule has 0 aromatic heterocycles. The number of esters is 1. The molecular formula is C6H8O5. The van der Waals surface area contributed by atoms with Crippen LogP contribution in [0.2, 0.25) is 0 Å². The zero-order chi connectivity index (χ0) is 8.85. The number of carbonyl (C=O) groups is 2. The minimum Gasteiger partial charge on any atom is -0.450 e. The molecule has 0 spiro atoms. The molecule has 0 rings (SSSR count). The van der Waals surface area contributed by atoms with Crippen molar-refractivity contribution in [2.45, 2.75) is 6.92 Å². The summed E-state index contributed by atoms with van der Waals surface area (Å²) >= 11 is 0. The first-order chi connectivity index (χ1) is 5.04. The maximum Gasteiger partial charge on any atom is 0.508 e. The van der Waals surface area contributed by atoms with E-state index in [1.807, 2.05) is 0 Å². The van der Waals surface area contributed by atoms with Crippen LogP contribution in [0.15, 0.2) is 12.2 Å². The minimum atomic E-state index is -1.49. The first-order valence-electron chi connectivity index (χ1n) is 2.72. The Bertz CT molecular complexity index is 183. The first-order valence-corrected chi connectivity index (χ1v) is 2.72. The quantitative estimate of drug-likeness (QED) is 0.374. The van der Waals surface area contributed by atoms with Crippen molar-refractivity contribution in [3.63, 3.8) is 0 Å². The van der Waals surface area contributed by atoms with Gasteiger partial charge in [0, 0.05) is 5.57 Å². The Hall–Kier alpha value is -1.52. The summed E-state index contributed by atoms with van der Waals surface area (Å²) in [7, 11) is 0. The van der Waals surface area contributed by atoms with Gasteiger partial charge < -0.3 is 14.6 Å². The topological polar surface area (TPSA) is 72.8 Å². The molecule has 0 fully saturated rings. The van der Waals surface area contributed by atoms with Gasteiger partial charge in [0.15, 0.2) is 0 Å². The maximum absolute atomic E-state index is 10.5. The minimum absolute atomic E-state index is 0.194. The van der Waals surface area contributed by atoms with E-state index in [-0.39, 0.29) is 5.57 Å². The molecule has 0 aromatic carbocycles. The Morgan fingerprint density at radius 2 is 2.00 bits per heavy atom. The summed E-state index contributed by atoms with van der Waals surface area (Å²) in [5.74, 6) is -0.675. The second-order valence-corrected chi connectivity index (χ2v) is 1.74. The van der Waals surface area contributed by atoms with Gasteiger partial charge in [0.2, 0.25) is 6.79 Å².